The standard InChI is InChI=1S/C39H77NO5/c1-4-7-9-11-13-15-17-18-20-22-24-29-34-44-38(35-43-33-28-23-21-19-16-14-12-10-8-5-2)36-45-39(42)40-32-27-25-26-31-37(41)30-6-3/h38H,4-36H2,1-3H3,(H,40,42)/t38-/m1/s1. The lowest BCUT2D eigenvalue weighted by atomic mass is 10.1. The highest BCUT2D eigenvalue weighted by atomic mass is 16.6. The average Bonchev–Trinajstić information content (AvgIpc) is 3.03. The largest absolute Gasteiger partial charge is 0.447 e. The SMILES string of the molecule is CCCCCCCCCCCCCCO[C@H](COCCCCCCCCCCCC)COC(=O)NCCCCCC(=O)CCC. The van der Waals surface area contributed by atoms with E-state index in [0.29, 0.717) is 38.4 Å². The molecule has 0 saturated heterocycles. The Hall–Kier alpha value is -1.14. The molecular weight excluding hydrogens is 562 g/mol. The minimum absolute atomic E-state index is 0.216. The first-order valence-corrected chi connectivity index (χ1v) is 19.8. The van der Waals surface area contributed by atoms with Crippen molar-refractivity contribution in [2.24, 2.45) is 0 Å². The Labute approximate surface area is 280 Å². The fraction of sp³-hybridized carbons (Fsp3) is 0.949. The second-order valence-corrected chi connectivity index (χ2v) is 13.3. The number of carbonyl (C=O) groups is 2. The van der Waals surface area contributed by atoms with Crippen LogP contribution in [0.25, 0.3) is 0 Å². The van der Waals surface area contributed by atoms with E-state index < -0.39 is 6.09 Å². The van der Waals surface area contributed by atoms with Crippen LogP contribution >= 0.6 is 0 Å². The molecule has 0 fully saturated rings. The topological polar surface area (TPSA) is 73.9 Å². The smallest absolute Gasteiger partial charge is 0.407 e. The monoisotopic (exact) mass is 640 g/mol. The van der Waals surface area contributed by atoms with Gasteiger partial charge in [-0.15, -0.1) is 0 Å². The van der Waals surface area contributed by atoms with E-state index in [1.165, 1.54) is 128 Å². The first kappa shape index (κ1) is 43.9. The number of hydrogen-bond acceptors (Lipinski definition) is 5. The molecule has 0 aromatic heterocycles. The van der Waals surface area contributed by atoms with E-state index in [1.807, 2.05) is 6.92 Å². The summed E-state index contributed by atoms with van der Waals surface area (Å²) < 4.78 is 17.6. The zero-order valence-electron chi connectivity index (χ0n) is 30.5. The fourth-order valence-electron chi connectivity index (χ4n) is 5.68. The van der Waals surface area contributed by atoms with Gasteiger partial charge in [-0.1, -0.05) is 156 Å². The van der Waals surface area contributed by atoms with Gasteiger partial charge in [-0.2, -0.15) is 0 Å². The van der Waals surface area contributed by atoms with E-state index in [-0.39, 0.29) is 12.7 Å². The average molecular weight is 640 g/mol. The van der Waals surface area contributed by atoms with Crippen molar-refractivity contribution >= 4 is 11.9 Å². The predicted molar refractivity (Wildman–Crippen MR) is 191 cm³/mol. The van der Waals surface area contributed by atoms with Crippen LogP contribution < -0.4 is 5.32 Å². The van der Waals surface area contributed by atoms with Gasteiger partial charge >= 0.3 is 6.09 Å². The van der Waals surface area contributed by atoms with Crippen LogP contribution in [-0.4, -0.2) is 51.0 Å². The van der Waals surface area contributed by atoms with E-state index in [9.17, 15) is 9.59 Å². The van der Waals surface area contributed by atoms with Gasteiger partial charge in [-0.05, 0) is 32.1 Å². The van der Waals surface area contributed by atoms with Crippen LogP contribution in [0.1, 0.15) is 201 Å². The number of alkyl carbamates (subject to hydrolysis) is 1. The summed E-state index contributed by atoms with van der Waals surface area (Å²) in [6.45, 7) is 9.26. The Morgan fingerprint density at radius 2 is 0.956 bits per heavy atom. The van der Waals surface area contributed by atoms with E-state index >= 15 is 0 Å². The molecule has 0 heterocycles. The molecule has 0 aliphatic carbocycles. The van der Waals surface area contributed by atoms with Crippen LogP contribution in [0.5, 0.6) is 0 Å². The Balaban J connectivity index is 4.09. The lowest BCUT2D eigenvalue weighted by Gasteiger charge is -2.18. The summed E-state index contributed by atoms with van der Waals surface area (Å²) in [5, 5.41) is 2.84. The second-order valence-electron chi connectivity index (χ2n) is 13.3. The highest BCUT2D eigenvalue weighted by Crippen LogP contribution is 2.13. The Kier molecular flexibility index (Phi) is 36.4. The lowest BCUT2D eigenvalue weighted by Crippen LogP contribution is -2.32. The van der Waals surface area contributed by atoms with E-state index in [4.69, 9.17) is 14.2 Å². The van der Waals surface area contributed by atoms with Gasteiger partial charge in [0.15, 0.2) is 0 Å². The summed E-state index contributed by atoms with van der Waals surface area (Å²) in [7, 11) is 0. The molecular formula is C39H77NO5. The maximum absolute atomic E-state index is 12.3. The lowest BCUT2D eigenvalue weighted by molar-refractivity contribution is -0.119. The van der Waals surface area contributed by atoms with Crippen molar-refractivity contribution in [2.75, 3.05) is 33.0 Å². The number of hydrogen-bond donors (Lipinski definition) is 1. The second kappa shape index (κ2) is 37.3. The quantitative estimate of drug-likeness (QED) is 0.0685. The number of carbonyl (C=O) groups excluding carboxylic acids is 2. The van der Waals surface area contributed by atoms with Gasteiger partial charge in [0.2, 0.25) is 0 Å². The number of ether oxygens (including phenoxy) is 3. The molecule has 0 saturated carbocycles. The maximum atomic E-state index is 12.3. The summed E-state index contributed by atoms with van der Waals surface area (Å²) in [5.74, 6) is 0.342. The van der Waals surface area contributed by atoms with Crippen molar-refractivity contribution in [2.45, 2.75) is 207 Å². The molecule has 45 heavy (non-hydrogen) atoms. The number of amides is 1. The van der Waals surface area contributed by atoms with Crippen LogP contribution in [0.15, 0.2) is 0 Å². The van der Waals surface area contributed by atoms with E-state index in [2.05, 4.69) is 19.2 Å². The molecule has 6 nitrogen and oxygen atoms in total. The van der Waals surface area contributed by atoms with Crippen molar-refractivity contribution in [3.8, 4) is 0 Å². The third-order valence-electron chi connectivity index (χ3n) is 8.63. The molecule has 0 rings (SSSR count). The summed E-state index contributed by atoms with van der Waals surface area (Å²) in [5.41, 5.74) is 0. The van der Waals surface area contributed by atoms with Gasteiger partial charge < -0.3 is 19.5 Å². The molecule has 0 radical (unpaired) electrons. The zero-order valence-corrected chi connectivity index (χ0v) is 30.5. The Bertz CT molecular complexity index is 614. The van der Waals surface area contributed by atoms with Gasteiger partial charge in [0.25, 0.3) is 0 Å². The van der Waals surface area contributed by atoms with Crippen LogP contribution in [0.4, 0.5) is 4.79 Å². The van der Waals surface area contributed by atoms with Crippen LogP contribution in [-0.2, 0) is 19.0 Å². The summed E-state index contributed by atoms with van der Waals surface area (Å²) in [6.07, 6.45) is 33.3. The minimum Gasteiger partial charge on any atom is -0.447 e. The fourth-order valence-corrected chi connectivity index (χ4v) is 5.68. The van der Waals surface area contributed by atoms with Gasteiger partial charge in [0, 0.05) is 32.6 Å². The van der Waals surface area contributed by atoms with Crippen LogP contribution in [0, 0.1) is 0 Å². The van der Waals surface area contributed by atoms with Crippen molar-refractivity contribution < 1.29 is 23.8 Å². The number of nitrogens with one attached hydrogen (secondary N) is 1. The van der Waals surface area contributed by atoms with Crippen LogP contribution in [0.3, 0.4) is 0 Å². The van der Waals surface area contributed by atoms with Crippen LogP contribution in [0.2, 0.25) is 0 Å². The molecule has 0 bridgehead atoms. The van der Waals surface area contributed by atoms with E-state index in [0.717, 1.165) is 45.1 Å². The maximum Gasteiger partial charge on any atom is 0.407 e. The van der Waals surface area contributed by atoms with Crippen molar-refractivity contribution in [1.29, 1.82) is 0 Å². The van der Waals surface area contributed by atoms with Gasteiger partial charge in [-0.25, -0.2) is 4.79 Å². The molecule has 0 aromatic rings. The highest BCUT2D eigenvalue weighted by molar-refractivity contribution is 5.78. The van der Waals surface area contributed by atoms with Gasteiger partial charge in [0.1, 0.15) is 18.5 Å². The molecule has 0 unspecified atom stereocenters. The first-order chi connectivity index (χ1) is 22.1. The highest BCUT2D eigenvalue weighted by Gasteiger charge is 2.13. The molecule has 1 N–H and O–H groups in total. The molecule has 0 aromatic carbocycles. The molecule has 0 spiro atoms. The van der Waals surface area contributed by atoms with E-state index in [1.54, 1.807) is 0 Å². The molecule has 1 atom stereocenters. The molecule has 0 aliphatic heterocycles. The predicted octanol–water partition coefficient (Wildman–Crippen LogP) is 11.7. The zero-order chi connectivity index (χ0) is 32.9. The van der Waals surface area contributed by atoms with Crippen molar-refractivity contribution in [3.05, 3.63) is 0 Å². The first-order valence-electron chi connectivity index (χ1n) is 19.8. The molecule has 0 aliphatic rings. The number of unbranched alkanes of at least 4 members (excludes halogenated alkanes) is 22. The normalized spacial score (nSPS) is 12.0. The summed E-state index contributed by atoms with van der Waals surface area (Å²) in [4.78, 5) is 23.9. The van der Waals surface area contributed by atoms with Crippen molar-refractivity contribution in [1.82, 2.24) is 5.32 Å². The Morgan fingerprint density at radius 3 is 1.47 bits per heavy atom. The minimum atomic E-state index is -0.397. The van der Waals surface area contributed by atoms with Gasteiger partial charge in [-0.3, -0.25) is 4.79 Å². The molecule has 268 valence electrons. The number of Topliss-reactive ketones (excluding diaryl/α,β-unsaturated/α-hetero) is 1. The van der Waals surface area contributed by atoms with Crippen molar-refractivity contribution in [3.63, 3.8) is 0 Å². The van der Waals surface area contributed by atoms with Gasteiger partial charge in [0.05, 0.1) is 6.61 Å². The third kappa shape index (κ3) is 35.6. The third-order valence-corrected chi connectivity index (χ3v) is 8.63. The molecule has 6 heteroatoms. The Morgan fingerprint density at radius 1 is 0.489 bits per heavy atom. The molecule has 1 amide bonds. The summed E-state index contributed by atoms with van der Waals surface area (Å²) >= 11 is 0. The summed E-state index contributed by atoms with van der Waals surface area (Å²) in [6, 6.07) is 0. The number of ketones is 1. The number of rotatable bonds is 37.